The summed E-state index contributed by atoms with van der Waals surface area (Å²) in [7, 11) is 0. The van der Waals surface area contributed by atoms with Crippen LogP contribution < -0.4 is 5.32 Å². The van der Waals surface area contributed by atoms with Gasteiger partial charge in [0.1, 0.15) is 0 Å². The van der Waals surface area contributed by atoms with Crippen LogP contribution in [0.15, 0.2) is 48.5 Å². The largest absolute Gasteiger partial charge is 0.462 e. The lowest BCUT2D eigenvalue weighted by atomic mass is 10.2. The van der Waals surface area contributed by atoms with Gasteiger partial charge in [-0.15, -0.1) is 0 Å². The molecule has 0 fully saturated rings. The normalized spacial score (nSPS) is 10.6. The summed E-state index contributed by atoms with van der Waals surface area (Å²) in [5, 5.41) is 3.31. The highest BCUT2D eigenvalue weighted by molar-refractivity contribution is 5.89. The SMILES string of the molecule is CCOC(=O)c1ccc(NCc2nc3ccccc3nc2C)cc1. The van der Waals surface area contributed by atoms with Gasteiger partial charge in [0.05, 0.1) is 41.1 Å². The van der Waals surface area contributed by atoms with Crippen molar-refractivity contribution in [2.75, 3.05) is 11.9 Å². The molecule has 0 aliphatic carbocycles. The monoisotopic (exact) mass is 321 g/mol. The molecule has 0 bridgehead atoms. The van der Waals surface area contributed by atoms with E-state index in [2.05, 4.69) is 15.3 Å². The second-order valence-corrected chi connectivity index (χ2v) is 5.40. The number of fused-ring (bicyclic) bond motifs is 1. The lowest BCUT2D eigenvalue weighted by molar-refractivity contribution is 0.0526. The van der Waals surface area contributed by atoms with Crippen molar-refractivity contribution in [1.29, 1.82) is 0 Å². The average Bonchev–Trinajstić information content (AvgIpc) is 2.60. The molecule has 3 aromatic rings. The topological polar surface area (TPSA) is 64.1 Å². The van der Waals surface area contributed by atoms with Crippen molar-refractivity contribution in [3.8, 4) is 0 Å². The third kappa shape index (κ3) is 3.51. The van der Waals surface area contributed by atoms with Crippen LogP contribution in [0, 0.1) is 6.92 Å². The Balaban J connectivity index is 1.71. The van der Waals surface area contributed by atoms with Crippen LogP contribution in [0.1, 0.15) is 28.7 Å². The molecule has 1 heterocycles. The van der Waals surface area contributed by atoms with E-state index >= 15 is 0 Å². The van der Waals surface area contributed by atoms with Gasteiger partial charge in [0, 0.05) is 5.69 Å². The van der Waals surface area contributed by atoms with E-state index in [4.69, 9.17) is 4.74 Å². The van der Waals surface area contributed by atoms with Crippen molar-refractivity contribution < 1.29 is 9.53 Å². The zero-order valence-electron chi connectivity index (χ0n) is 13.7. The van der Waals surface area contributed by atoms with E-state index < -0.39 is 0 Å². The van der Waals surface area contributed by atoms with Crippen LogP contribution in [0.25, 0.3) is 11.0 Å². The lowest BCUT2D eigenvalue weighted by Crippen LogP contribution is -2.07. The molecule has 0 amide bonds. The Hall–Kier alpha value is -2.95. The Morgan fingerprint density at radius 2 is 1.71 bits per heavy atom. The molecule has 0 aliphatic heterocycles. The van der Waals surface area contributed by atoms with E-state index in [0.717, 1.165) is 28.1 Å². The highest BCUT2D eigenvalue weighted by atomic mass is 16.5. The molecule has 5 nitrogen and oxygen atoms in total. The summed E-state index contributed by atoms with van der Waals surface area (Å²) < 4.78 is 4.98. The first kappa shape index (κ1) is 15.9. The van der Waals surface area contributed by atoms with Crippen LogP contribution in [-0.4, -0.2) is 22.5 Å². The molecule has 5 heteroatoms. The third-order valence-corrected chi connectivity index (χ3v) is 3.70. The van der Waals surface area contributed by atoms with Gasteiger partial charge in [0.15, 0.2) is 0 Å². The van der Waals surface area contributed by atoms with Crippen LogP contribution in [0.5, 0.6) is 0 Å². The third-order valence-electron chi connectivity index (χ3n) is 3.70. The molecular formula is C19H19N3O2. The number of aryl methyl sites for hydroxylation is 1. The number of esters is 1. The van der Waals surface area contributed by atoms with Gasteiger partial charge in [-0.25, -0.2) is 14.8 Å². The lowest BCUT2D eigenvalue weighted by Gasteiger charge is -2.10. The number of ether oxygens (including phenoxy) is 1. The maximum absolute atomic E-state index is 11.6. The maximum atomic E-state index is 11.6. The summed E-state index contributed by atoms with van der Waals surface area (Å²) in [6.07, 6.45) is 0. The number of carbonyl (C=O) groups excluding carboxylic acids is 1. The molecule has 0 saturated carbocycles. The number of hydrogen-bond donors (Lipinski definition) is 1. The molecule has 0 spiro atoms. The fourth-order valence-corrected chi connectivity index (χ4v) is 2.42. The van der Waals surface area contributed by atoms with Crippen LogP contribution >= 0.6 is 0 Å². The maximum Gasteiger partial charge on any atom is 0.338 e. The molecule has 0 radical (unpaired) electrons. The van der Waals surface area contributed by atoms with Crippen LogP contribution in [0.4, 0.5) is 5.69 Å². The number of para-hydroxylation sites is 2. The second kappa shape index (κ2) is 7.08. The number of benzene rings is 2. The summed E-state index contributed by atoms with van der Waals surface area (Å²) in [4.78, 5) is 20.9. The minimum atomic E-state index is -0.305. The molecule has 0 unspecified atom stereocenters. The smallest absolute Gasteiger partial charge is 0.338 e. The number of nitrogens with zero attached hydrogens (tertiary/aromatic N) is 2. The van der Waals surface area contributed by atoms with Gasteiger partial charge in [-0.3, -0.25) is 0 Å². The summed E-state index contributed by atoms with van der Waals surface area (Å²) in [6.45, 7) is 4.70. The molecule has 3 rings (SSSR count). The average molecular weight is 321 g/mol. The van der Waals surface area contributed by atoms with E-state index in [0.29, 0.717) is 18.7 Å². The summed E-state index contributed by atoms with van der Waals surface area (Å²) >= 11 is 0. The molecule has 0 saturated heterocycles. The predicted molar refractivity (Wildman–Crippen MR) is 94.0 cm³/mol. The zero-order valence-corrected chi connectivity index (χ0v) is 13.7. The van der Waals surface area contributed by atoms with Crippen molar-refractivity contribution in [3.63, 3.8) is 0 Å². The van der Waals surface area contributed by atoms with Gasteiger partial charge >= 0.3 is 5.97 Å². The van der Waals surface area contributed by atoms with E-state index in [1.54, 1.807) is 19.1 Å². The summed E-state index contributed by atoms with van der Waals surface area (Å²) in [5.74, 6) is -0.305. The predicted octanol–water partition coefficient (Wildman–Crippen LogP) is 3.73. The standard InChI is InChI=1S/C19H19N3O2/c1-3-24-19(23)14-8-10-15(11-9-14)20-12-18-13(2)21-16-6-4-5-7-17(16)22-18/h4-11,20H,3,12H2,1-2H3. The summed E-state index contributed by atoms with van der Waals surface area (Å²) in [5.41, 5.74) is 5.06. The molecule has 122 valence electrons. The van der Waals surface area contributed by atoms with E-state index in [1.807, 2.05) is 43.3 Å². The second-order valence-electron chi connectivity index (χ2n) is 5.40. The fourth-order valence-electron chi connectivity index (χ4n) is 2.42. The molecule has 2 aromatic carbocycles. The van der Waals surface area contributed by atoms with E-state index in [-0.39, 0.29) is 5.97 Å². The van der Waals surface area contributed by atoms with Gasteiger partial charge < -0.3 is 10.1 Å². The van der Waals surface area contributed by atoms with Crippen molar-refractivity contribution in [2.24, 2.45) is 0 Å². The number of carbonyl (C=O) groups is 1. The quantitative estimate of drug-likeness (QED) is 0.726. The molecule has 0 atom stereocenters. The number of anilines is 1. The highest BCUT2D eigenvalue weighted by Crippen LogP contribution is 2.15. The van der Waals surface area contributed by atoms with Crippen molar-refractivity contribution >= 4 is 22.7 Å². The van der Waals surface area contributed by atoms with Crippen molar-refractivity contribution in [2.45, 2.75) is 20.4 Å². The van der Waals surface area contributed by atoms with Gasteiger partial charge in [-0.2, -0.15) is 0 Å². The van der Waals surface area contributed by atoms with Crippen molar-refractivity contribution in [1.82, 2.24) is 9.97 Å². The minimum Gasteiger partial charge on any atom is -0.462 e. The molecule has 0 aliphatic rings. The Labute approximate surface area is 140 Å². The van der Waals surface area contributed by atoms with E-state index in [9.17, 15) is 4.79 Å². The number of hydrogen-bond acceptors (Lipinski definition) is 5. The summed E-state index contributed by atoms with van der Waals surface area (Å²) in [6, 6.07) is 15.0. The first-order valence-electron chi connectivity index (χ1n) is 7.90. The first-order chi connectivity index (χ1) is 11.7. The van der Waals surface area contributed by atoms with Gasteiger partial charge in [0.2, 0.25) is 0 Å². The Morgan fingerprint density at radius 1 is 1.04 bits per heavy atom. The Bertz CT molecular complexity index is 860. The molecular weight excluding hydrogens is 302 g/mol. The van der Waals surface area contributed by atoms with Gasteiger partial charge in [0.25, 0.3) is 0 Å². The van der Waals surface area contributed by atoms with Gasteiger partial charge in [-0.05, 0) is 50.2 Å². The van der Waals surface area contributed by atoms with Crippen LogP contribution in [0.2, 0.25) is 0 Å². The van der Waals surface area contributed by atoms with Crippen molar-refractivity contribution in [3.05, 3.63) is 65.5 Å². The minimum absolute atomic E-state index is 0.305. The Kier molecular flexibility index (Phi) is 4.70. The number of aromatic nitrogens is 2. The molecule has 24 heavy (non-hydrogen) atoms. The van der Waals surface area contributed by atoms with Crippen LogP contribution in [0.3, 0.4) is 0 Å². The zero-order chi connectivity index (χ0) is 16.9. The van der Waals surface area contributed by atoms with Gasteiger partial charge in [-0.1, -0.05) is 12.1 Å². The van der Waals surface area contributed by atoms with Crippen LogP contribution in [-0.2, 0) is 11.3 Å². The Morgan fingerprint density at radius 3 is 2.38 bits per heavy atom. The highest BCUT2D eigenvalue weighted by Gasteiger charge is 2.07. The molecule has 1 aromatic heterocycles. The number of nitrogens with one attached hydrogen (secondary N) is 1. The number of rotatable bonds is 5. The first-order valence-corrected chi connectivity index (χ1v) is 7.90. The molecule has 1 N–H and O–H groups in total. The fraction of sp³-hybridized carbons (Fsp3) is 0.211. The van der Waals surface area contributed by atoms with E-state index in [1.165, 1.54) is 0 Å².